The third-order valence-corrected chi connectivity index (χ3v) is 9.42. The molecule has 0 bridgehead atoms. The van der Waals surface area contributed by atoms with Gasteiger partial charge in [-0.3, -0.25) is 9.52 Å². The normalized spacial score (nSPS) is 14.5. The molecule has 0 aliphatic heterocycles. The number of thiophene rings is 1. The van der Waals surface area contributed by atoms with E-state index in [-0.39, 0.29) is 36.6 Å². The predicted molar refractivity (Wildman–Crippen MR) is 146 cm³/mol. The third-order valence-electron chi connectivity index (χ3n) is 6.28. The summed E-state index contributed by atoms with van der Waals surface area (Å²) < 4.78 is 36.4. The topological polar surface area (TPSA) is 118 Å². The largest absolute Gasteiger partial charge is 0.493 e. The van der Waals surface area contributed by atoms with Crippen LogP contribution in [-0.2, 0) is 10.0 Å². The molecule has 9 nitrogen and oxygen atoms in total. The molecule has 0 amide bonds. The van der Waals surface area contributed by atoms with E-state index in [1.807, 2.05) is 6.92 Å². The molecule has 2 N–H and O–H groups in total. The molecule has 5 rings (SSSR count). The van der Waals surface area contributed by atoms with Crippen LogP contribution in [0.2, 0.25) is 8.67 Å². The number of ether oxygens (including phenoxy) is 1. The van der Waals surface area contributed by atoms with Crippen molar-refractivity contribution in [3.8, 4) is 17.1 Å². The van der Waals surface area contributed by atoms with Crippen LogP contribution < -0.4 is 15.0 Å². The van der Waals surface area contributed by atoms with Gasteiger partial charge in [-0.2, -0.15) is 0 Å². The number of nitrogens with one attached hydrogen (secondary N) is 2. The van der Waals surface area contributed by atoms with Crippen LogP contribution in [0.15, 0.2) is 34.0 Å². The van der Waals surface area contributed by atoms with Crippen molar-refractivity contribution < 1.29 is 13.2 Å². The summed E-state index contributed by atoms with van der Waals surface area (Å²) in [6.45, 7) is 4.22. The van der Waals surface area contributed by atoms with Crippen molar-refractivity contribution in [3.05, 3.63) is 54.8 Å². The SMILES string of the molecule is CCCOc1ccc(NS(=O)(=O)c2cc(Cl)sc2Cl)cc1-c1nn2c(C3CCCC3)nc(C)c2c(=O)[nH]1. The van der Waals surface area contributed by atoms with Crippen LogP contribution in [-0.4, -0.2) is 34.6 Å². The number of hydrogen-bond acceptors (Lipinski definition) is 7. The molecular weight excluding hydrogens is 557 g/mol. The lowest BCUT2D eigenvalue weighted by Crippen LogP contribution is -2.17. The second-order valence-corrected chi connectivity index (χ2v) is 12.9. The van der Waals surface area contributed by atoms with Gasteiger partial charge in [0.2, 0.25) is 0 Å². The molecule has 196 valence electrons. The smallest absolute Gasteiger partial charge is 0.277 e. The first-order valence-electron chi connectivity index (χ1n) is 11.9. The number of rotatable bonds is 8. The number of fused-ring (bicyclic) bond motifs is 1. The van der Waals surface area contributed by atoms with Crippen molar-refractivity contribution in [2.75, 3.05) is 11.3 Å². The van der Waals surface area contributed by atoms with Gasteiger partial charge in [0, 0.05) is 11.6 Å². The van der Waals surface area contributed by atoms with Gasteiger partial charge < -0.3 is 9.72 Å². The Labute approximate surface area is 227 Å². The highest BCUT2D eigenvalue weighted by molar-refractivity contribution is 7.93. The zero-order chi connectivity index (χ0) is 26.3. The fourth-order valence-corrected chi connectivity index (χ4v) is 7.80. The summed E-state index contributed by atoms with van der Waals surface area (Å²) >= 11 is 13.0. The average molecular weight is 583 g/mol. The number of hydrogen-bond donors (Lipinski definition) is 2. The van der Waals surface area contributed by atoms with Crippen molar-refractivity contribution in [1.82, 2.24) is 19.6 Å². The highest BCUT2D eigenvalue weighted by Crippen LogP contribution is 2.37. The number of halogens is 2. The number of H-pyrrole nitrogens is 1. The summed E-state index contributed by atoms with van der Waals surface area (Å²) in [5, 5.41) is 4.76. The van der Waals surface area contributed by atoms with Gasteiger partial charge in [0.25, 0.3) is 15.6 Å². The van der Waals surface area contributed by atoms with Gasteiger partial charge in [0.05, 0.1) is 22.2 Å². The van der Waals surface area contributed by atoms with Gasteiger partial charge in [0.15, 0.2) is 11.3 Å². The Morgan fingerprint density at radius 2 is 2.00 bits per heavy atom. The van der Waals surface area contributed by atoms with Crippen LogP contribution >= 0.6 is 34.5 Å². The van der Waals surface area contributed by atoms with E-state index in [1.54, 1.807) is 29.6 Å². The summed E-state index contributed by atoms with van der Waals surface area (Å²) in [5.74, 6) is 1.72. The highest BCUT2D eigenvalue weighted by atomic mass is 35.5. The first-order chi connectivity index (χ1) is 17.7. The summed E-state index contributed by atoms with van der Waals surface area (Å²) in [7, 11) is -4.01. The Morgan fingerprint density at radius 1 is 1.24 bits per heavy atom. The van der Waals surface area contributed by atoms with E-state index < -0.39 is 10.0 Å². The maximum atomic E-state index is 13.2. The summed E-state index contributed by atoms with van der Waals surface area (Å²) in [6.07, 6.45) is 5.00. The van der Waals surface area contributed by atoms with Crippen molar-refractivity contribution >= 4 is 55.8 Å². The number of nitrogens with zero attached hydrogens (tertiary/aromatic N) is 3. The third kappa shape index (κ3) is 5.09. The van der Waals surface area contributed by atoms with Crippen molar-refractivity contribution in [2.45, 2.75) is 56.8 Å². The van der Waals surface area contributed by atoms with Crippen LogP contribution in [0.5, 0.6) is 5.75 Å². The number of imidazole rings is 1. The Kier molecular flexibility index (Phi) is 7.23. The molecule has 0 spiro atoms. The fraction of sp³-hybridized carbons (Fsp3) is 0.375. The maximum Gasteiger partial charge on any atom is 0.277 e. The molecule has 0 radical (unpaired) electrons. The zero-order valence-electron chi connectivity index (χ0n) is 20.2. The van der Waals surface area contributed by atoms with E-state index in [1.165, 1.54) is 6.07 Å². The van der Waals surface area contributed by atoms with Crippen LogP contribution in [0.25, 0.3) is 16.9 Å². The molecule has 1 aliphatic rings. The van der Waals surface area contributed by atoms with Gasteiger partial charge in [-0.05, 0) is 50.5 Å². The van der Waals surface area contributed by atoms with Gasteiger partial charge in [-0.25, -0.2) is 17.9 Å². The highest BCUT2D eigenvalue weighted by Gasteiger charge is 2.26. The molecule has 37 heavy (non-hydrogen) atoms. The minimum atomic E-state index is -4.01. The predicted octanol–water partition coefficient (Wildman–Crippen LogP) is 6.01. The molecule has 1 aliphatic carbocycles. The molecule has 1 saturated carbocycles. The van der Waals surface area contributed by atoms with Crippen molar-refractivity contribution in [3.63, 3.8) is 0 Å². The van der Waals surface area contributed by atoms with E-state index in [9.17, 15) is 13.2 Å². The lowest BCUT2D eigenvalue weighted by atomic mass is 10.1. The van der Waals surface area contributed by atoms with Gasteiger partial charge in [-0.15, -0.1) is 16.4 Å². The molecule has 13 heteroatoms. The molecule has 1 aromatic carbocycles. The van der Waals surface area contributed by atoms with Gasteiger partial charge >= 0.3 is 0 Å². The summed E-state index contributed by atoms with van der Waals surface area (Å²) in [5.41, 5.74) is 1.38. The number of aryl methyl sites for hydroxylation is 1. The molecule has 0 atom stereocenters. The van der Waals surface area contributed by atoms with E-state index >= 15 is 0 Å². The summed E-state index contributed by atoms with van der Waals surface area (Å²) in [4.78, 5) is 20.6. The Hall–Kier alpha value is -2.60. The Bertz CT molecular complexity index is 1640. The second-order valence-electron chi connectivity index (χ2n) is 8.95. The van der Waals surface area contributed by atoms with E-state index in [2.05, 4.69) is 14.7 Å². The second kappa shape index (κ2) is 10.3. The van der Waals surface area contributed by atoms with E-state index in [4.69, 9.17) is 33.0 Å². The molecule has 3 heterocycles. The average Bonchev–Trinajstić information content (AvgIpc) is 3.57. The molecule has 1 fully saturated rings. The number of sulfonamides is 1. The Balaban J connectivity index is 1.62. The standard InChI is InChI=1S/C24H25Cl2N5O4S2/c1-3-10-35-17-9-8-15(30-37(33,34)18-12-19(25)36-21(18)26)11-16(17)22-28-24(32)20-13(2)27-23(31(20)29-22)14-6-4-5-7-14/h8-9,11-12,14,30H,3-7,10H2,1-2H3,(H,28,29,32). The lowest BCUT2D eigenvalue weighted by Gasteiger charge is -2.14. The minimum absolute atomic E-state index is 0.0620. The molecule has 3 aromatic heterocycles. The van der Waals surface area contributed by atoms with Gasteiger partial charge in [-0.1, -0.05) is 43.0 Å². The fourth-order valence-electron chi connectivity index (χ4n) is 4.60. The quantitative estimate of drug-likeness (QED) is 0.263. The van der Waals surface area contributed by atoms with E-state index in [0.717, 1.165) is 49.3 Å². The van der Waals surface area contributed by atoms with Gasteiger partial charge in [0.1, 0.15) is 20.8 Å². The molecular formula is C24H25Cl2N5O4S2. The minimum Gasteiger partial charge on any atom is -0.493 e. The maximum absolute atomic E-state index is 13.2. The Morgan fingerprint density at radius 3 is 2.68 bits per heavy atom. The van der Waals surface area contributed by atoms with Crippen LogP contribution in [0.1, 0.15) is 56.5 Å². The zero-order valence-corrected chi connectivity index (χ0v) is 23.3. The number of benzene rings is 1. The molecule has 0 saturated heterocycles. The van der Waals surface area contributed by atoms with Crippen molar-refractivity contribution in [1.29, 1.82) is 0 Å². The number of aromatic nitrogens is 4. The van der Waals surface area contributed by atoms with Crippen LogP contribution in [0.4, 0.5) is 5.69 Å². The summed E-state index contributed by atoms with van der Waals surface area (Å²) in [6, 6.07) is 6.10. The number of aromatic amines is 1. The van der Waals surface area contributed by atoms with Crippen LogP contribution in [0.3, 0.4) is 0 Å². The van der Waals surface area contributed by atoms with E-state index in [0.29, 0.717) is 29.1 Å². The molecule has 4 aromatic rings. The first kappa shape index (κ1) is 26.0. The molecule has 0 unspecified atom stereocenters. The van der Waals surface area contributed by atoms with Crippen molar-refractivity contribution in [2.24, 2.45) is 0 Å². The number of anilines is 1. The lowest BCUT2D eigenvalue weighted by molar-refractivity contribution is 0.318. The van der Waals surface area contributed by atoms with Crippen LogP contribution in [0, 0.1) is 6.92 Å². The first-order valence-corrected chi connectivity index (χ1v) is 15.0. The monoisotopic (exact) mass is 581 g/mol.